The van der Waals surface area contributed by atoms with E-state index in [-0.39, 0.29) is 19.7 Å². The number of thioether (sulfide) groups is 1. The van der Waals surface area contributed by atoms with E-state index in [0.717, 1.165) is 12.8 Å². The summed E-state index contributed by atoms with van der Waals surface area (Å²) in [5, 5.41) is 0.122. The van der Waals surface area contributed by atoms with E-state index >= 15 is 0 Å². The third-order valence-corrected chi connectivity index (χ3v) is 6.87. The molecule has 1 saturated carbocycles. The molecule has 0 saturated heterocycles. The molecule has 0 aliphatic heterocycles. The Morgan fingerprint density at radius 2 is 2.20 bits per heavy atom. The third-order valence-electron chi connectivity index (χ3n) is 3.33. The van der Waals surface area contributed by atoms with Gasteiger partial charge in [-0.1, -0.05) is 29.9 Å². The molecule has 20 heavy (non-hydrogen) atoms. The van der Waals surface area contributed by atoms with Crippen LogP contribution >= 0.6 is 35.6 Å². The number of halogens is 1. The molecule has 1 aromatic rings. The second-order valence-electron chi connectivity index (χ2n) is 4.72. The standard InChI is InChI=1S/C12H15ClN2O2S3/c1-19-12(4-5-12)7-15-20(16,17)10-3-2-8(11(14)18)6-9(10)13/h2-3,6,15H,4-5,7H2,1H3,(H2,14,18). The summed E-state index contributed by atoms with van der Waals surface area (Å²) in [4.78, 5) is 0.235. The molecule has 2 rings (SSSR count). The Hall–Kier alpha value is -0.340. The normalized spacial score (nSPS) is 16.9. The summed E-state index contributed by atoms with van der Waals surface area (Å²) in [6.45, 7) is 0.421. The maximum absolute atomic E-state index is 12.3. The van der Waals surface area contributed by atoms with Gasteiger partial charge in [0, 0.05) is 16.9 Å². The maximum Gasteiger partial charge on any atom is 0.242 e. The number of hydrogen-bond acceptors (Lipinski definition) is 4. The fourth-order valence-corrected chi connectivity index (χ4v) is 4.38. The molecule has 0 amide bonds. The maximum atomic E-state index is 12.3. The number of nitrogens with two attached hydrogens (primary N) is 1. The first-order valence-corrected chi connectivity index (χ1v) is 9.43. The van der Waals surface area contributed by atoms with Gasteiger partial charge in [-0.3, -0.25) is 0 Å². The van der Waals surface area contributed by atoms with Crippen molar-refractivity contribution in [3.05, 3.63) is 28.8 Å². The van der Waals surface area contributed by atoms with Crippen LogP contribution in [0.3, 0.4) is 0 Å². The fourth-order valence-electron chi connectivity index (χ4n) is 1.77. The molecule has 1 aliphatic carbocycles. The van der Waals surface area contributed by atoms with Crippen molar-refractivity contribution in [2.45, 2.75) is 22.5 Å². The zero-order valence-corrected chi connectivity index (χ0v) is 14.1. The van der Waals surface area contributed by atoms with Gasteiger partial charge in [0.1, 0.15) is 9.88 Å². The summed E-state index contributed by atoms with van der Waals surface area (Å²) in [5.74, 6) is 0. The molecule has 110 valence electrons. The number of hydrogen-bond donors (Lipinski definition) is 2. The van der Waals surface area contributed by atoms with Gasteiger partial charge in [-0.25, -0.2) is 13.1 Å². The van der Waals surface area contributed by atoms with Crippen LogP contribution in [-0.4, -0.2) is 31.0 Å². The molecule has 0 spiro atoms. The number of rotatable bonds is 6. The highest BCUT2D eigenvalue weighted by molar-refractivity contribution is 8.00. The second-order valence-corrected chi connectivity index (χ2v) is 8.58. The molecule has 3 N–H and O–H groups in total. The zero-order valence-electron chi connectivity index (χ0n) is 10.8. The highest BCUT2D eigenvalue weighted by atomic mass is 35.5. The van der Waals surface area contributed by atoms with Crippen LogP contribution in [0.2, 0.25) is 5.02 Å². The molecule has 4 nitrogen and oxygen atoms in total. The molecular formula is C12H15ClN2O2S3. The fraction of sp³-hybridized carbons (Fsp3) is 0.417. The van der Waals surface area contributed by atoms with Gasteiger partial charge >= 0.3 is 0 Å². The first-order valence-electron chi connectivity index (χ1n) is 5.94. The van der Waals surface area contributed by atoms with Crippen LogP contribution in [0.15, 0.2) is 23.1 Å². The second kappa shape index (κ2) is 5.81. The van der Waals surface area contributed by atoms with Gasteiger partial charge in [-0.05, 0) is 31.2 Å². The van der Waals surface area contributed by atoms with Crippen molar-refractivity contribution in [1.82, 2.24) is 4.72 Å². The highest BCUT2D eigenvalue weighted by Crippen LogP contribution is 2.46. The van der Waals surface area contributed by atoms with Crippen LogP contribution in [0.1, 0.15) is 18.4 Å². The van der Waals surface area contributed by atoms with E-state index in [1.54, 1.807) is 17.8 Å². The van der Waals surface area contributed by atoms with E-state index in [4.69, 9.17) is 29.6 Å². The third kappa shape index (κ3) is 3.46. The van der Waals surface area contributed by atoms with E-state index in [1.165, 1.54) is 12.1 Å². The van der Waals surface area contributed by atoms with Crippen LogP contribution < -0.4 is 10.5 Å². The molecule has 0 atom stereocenters. The molecule has 0 aromatic heterocycles. The van der Waals surface area contributed by atoms with E-state index in [2.05, 4.69) is 4.72 Å². The van der Waals surface area contributed by atoms with Crippen molar-refractivity contribution >= 4 is 50.6 Å². The highest BCUT2D eigenvalue weighted by Gasteiger charge is 2.42. The molecule has 0 bridgehead atoms. The number of nitrogens with one attached hydrogen (secondary N) is 1. The van der Waals surface area contributed by atoms with Gasteiger partial charge < -0.3 is 5.73 Å². The van der Waals surface area contributed by atoms with Crippen LogP contribution in [-0.2, 0) is 10.0 Å². The van der Waals surface area contributed by atoms with Gasteiger partial charge in [-0.2, -0.15) is 11.8 Å². The van der Waals surface area contributed by atoms with Crippen LogP contribution in [0, 0.1) is 0 Å². The SMILES string of the molecule is CSC1(CNS(=O)(=O)c2ccc(C(N)=S)cc2Cl)CC1. The Labute approximate surface area is 133 Å². The first kappa shape index (κ1) is 16.0. The van der Waals surface area contributed by atoms with Gasteiger partial charge in [0.25, 0.3) is 0 Å². The Balaban J connectivity index is 2.19. The zero-order chi connectivity index (χ0) is 15.0. The molecule has 1 aromatic carbocycles. The van der Waals surface area contributed by atoms with E-state index in [1.807, 2.05) is 6.26 Å². The molecule has 1 fully saturated rings. The lowest BCUT2D eigenvalue weighted by atomic mass is 10.2. The molecule has 0 radical (unpaired) electrons. The topological polar surface area (TPSA) is 72.2 Å². The quantitative estimate of drug-likeness (QED) is 0.769. The smallest absolute Gasteiger partial charge is 0.242 e. The molecule has 8 heteroatoms. The average molecular weight is 351 g/mol. The van der Waals surface area contributed by atoms with Crippen molar-refractivity contribution in [3.63, 3.8) is 0 Å². The lowest BCUT2D eigenvalue weighted by molar-refractivity contribution is 0.580. The summed E-state index contributed by atoms with van der Waals surface area (Å²) in [6.07, 6.45) is 4.06. The minimum atomic E-state index is -3.62. The molecule has 0 unspecified atom stereocenters. The Kier molecular flexibility index (Phi) is 4.66. The first-order chi connectivity index (χ1) is 9.30. The summed E-state index contributed by atoms with van der Waals surface area (Å²) < 4.78 is 27.2. The predicted molar refractivity (Wildman–Crippen MR) is 88.0 cm³/mol. The Morgan fingerprint density at radius 1 is 1.55 bits per heavy atom. The lowest BCUT2D eigenvalue weighted by Crippen LogP contribution is -2.32. The summed E-state index contributed by atoms with van der Waals surface area (Å²) >= 11 is 12.5. The number of sulfonamides is 1. The van der Waals surface area contributed by atoms with Gasteiger partial charge in [-0.15, -0.1) is 0 Å². The summed E-state index contributed by atoms with van der Waals surface area (Å²) in [7, 11) is -3.62. The molecular weight excluding hydrogens is 336 g/mol. The molecule has 1 aliphatic rings. The predicted octanol–water partition coefficient (Wildman–Crippen LogP) is 2.15. The Morgan fingerprint density at radius 3 is 2.65 bits per heavy atom. The summed E-state index contributed by atoms with van der Waals surface area (Å²) in [5.41, 5.74) is 6.04. The number of thiocarbonyl (C=S) groups is 1. The van der Waals surface area contributed by atoms with E-state index in [0.29, 0.717) is 12.1 Å². The largest absolute Gasteiger partial charge is 0.389 e. The Bertz CT molecular complexity index is 642. The minimum absolute atomic E-state index is 0.0519. The monoisotopic (exact) mass is 350 g/mol. The van der Waals surface area contributed by atoms with Crippen molar-refractivity contribution in [3.8, 4) is 0 Å². The van der Waals surface area contributed by atoms with Crippen molar-refractivity contribution < 1.29 is 8.42 Å². The van der Waals surface area contributed by atoms with E-state index < -0.39 is 10.0 Å². The minimum Gasteiger partial charge on any atom is -0.389 e. The number of benzene rings is 1. The van der Waals surface area contributed by atoms with Crippen LogP contribution in [0.25, 0.3) is 0 Å². The van der Waals surface area contributed by atoms with Gasteiger partial charge in [0.2, 0.25) is 10.0 Å². The van der Waals surface area contributed by atoms with Gasteiger partial charge in [0.15, 0.2) is 0 Å². The van der Waals surface area contributed by atoms with Crippen molar-refractivity contribution in [2.24, 2.45) is 5.73 Å². The van der Waals surface area contributed by atoms with Crippen LogP contribution in [0.4, 0.5) is 0 Å². The lowest BCUT2D eigenvalue weighted by Gasteiger charge is -2.14. The van der Waals surface area contributed by atoms with Crippen molar-refractivity contribution in [1.29, 1.82) is 0 Å². The van der Waals surface area contributed by atoms with Gasteiger partial charge in [0.05, 0.1) is 5.02 Å². The average Bonchev–Trinajstić information content (AvgIpc) is 3.17. The molecule has 0 heterocycles. The van der Waals surface area contributed by atoms with E-state index in [9.17, 15) is 8.42 Å². The van der Waals surface area contributed by atoms with Crippen LogP contribution in [0.5, 0.6) is 0 Å². The van der Waals surface area contributed by atoms with Crippen molar-refractivity contribution in [2.75, 3.05) is 12.8 Å². The summed E-state index contributed by atoms with van der Waals surface area (Å²) in [6, 6.07) is 4.46.